The molecule has 3 aromatic rings. The summed E-state index contributed by atoms with van der Waals surface area (Å²) in [7, 11) is 6.64. The summed E-state index contributed by atoms with van der Waals surface area (Å²) in [6.45, 7) is 0. The first-order valence-electron chi connectivity index (χ1n) is 10.8. The van der Waals surface area contributed by atoms with Gasteiger partial charge in [-0.15, -0.1) is 11.8 Å². The molecule has 0 aliphatic heterocycles. The quantitative estimate of drug-likeness (QED) is 0.589. The third kappa shape index (κ3) is 4.37. The number of nitrogens with one attached hydrogen (secondary N) is 1. The average Bonchev–Trinajstić information content (AvgIpc) is 3.02. The number of anilines is 1. The van der Waals surface area contributed by atoms with Gasteiger partial charge in [-0.05, 0) is 37.1 Å². The number of carbonyl (C=O) groups is 1. The molecule has 0 radical (unpaired) electrons. The highest BCUT2D eigenvalue weighted by Crippen LogP contribution is 2.39. The molecule has 0 bridgehead atoms. The molecule has 1 N–H and O–H groups in total. The van der Waals surface area contributed by atoms with Crippen LogP contribution in [-0.2, 0) is 14.1 Å². The van der Waals surface area contributed by atoms with Gasteiger partial charge in [0, 0.05) is 35.9 Å². The van der Waals surface area contributed by atoms with Crippen LogP contribution in [0.4, 0.5) is 5.69 Å². The van der Waals surface area contributed by atoms with E-state index in [1.807, 2.05) is 12.1 Å². The summed E-state index contributed by atoms with van der Waals surface area (Å²) < 4.78 is 13.9. The molecule has 0 atom stereocenters. The van der Waals surface area contributed by atoms with Crippen LogP contribution in [0.2, 0.25) is 0 Å². The lowest BCUT2D eigenvalue weighted by Crippen LogP contribution is -2.19. The van der Waals surface area contributed by atoms with Gasteiger partial charge in [-0.2, -0.15) is 0 Å². The van der Waals surface area contributed by atoms with Gasteiger partial charge in [0.1, 0.15) is 11.5 Å². The SMILES string of the molecule is COc1cc(OC)cc(C(=O)Nc2cc3c(cc2SC2CCCCC2)n(C)c(=O)n3C)c1. The van der Waals surface area contributed by atoms with Crippen molar-refractivity contribution < 1.29 is 14.3 Å². The van der Waals surface area contributed by atoms with Crippen molar-refractivity contribution in [3.8, 4) is 11.5 Å². The Morgan fingerprint density at radius 2 is 1.53 bits per heavy atom. The second-order valence-corrected chi connectivity index (χ2v) is 9.51. The topological polar surface area (TPSA) is 74.5 Å². The lowest BCUT2D eigenvalue weighted by molar-refractivity contribution is 0.102. The maximum atomic E-state index is 13.2. The molecule has 2 aromatic carbocycles. The summed E-state index contributed by atoms with van der Waals surface area (Å²) in [5, 5.41) is 3.58. The Kier molecular flexibility index (Phi) is 6.50. The molecule has 7 nitrogen and oxygen atoms in total. The zero-order valence-electron chi connectivity index (χ0n) is 18.9. The highest BCUT2D eigenvalue weighted by Gasteiger charge is 2.20. The van der Waals surface area contributed by atoms with Crippen molar-refractivity contribution >= 4 is 34.4 Å². The number of aryl methyl sites for hydroxylation is 2. The van der Waals surface area contributed by atoms with Gasteiger partial charge in [-0.1, -0.05) is 19.3 Å². The molecule has 1 fully saturated rings. The summed E-state index contributed by atoms with van der Waals surface area (Å²) in [5.41, 5.74) is 2.70. The minimum Gasteiger partial charge on any atom is -0.497 e. The molecule has 4 rings (SSSR count). The van der Waals surface area contributed by atoms with Crippen molar-refractivity contribution in [2.24, 2.45) is 14.1 Å². The number of fused-ring (bicyclic) bond motifs is 1. The molecule has 1 saturated carbocycles. The molecule has 0 unspecified atom stereocenters. The summed E-state index contributed by atoms with van der Waals surface area (Å²) in [6, 6.07) is 9.02. The maximum Gasteiger partial charge on any atom is 0.328 e. The van der Waals surface area contributed by atoms with E-state index in [2.05, 4.69) is 5.32 Å². The molecule has 1 aromatic heterocycles. The number of methoxy groups -OCH3 is 2. The first-order chi connectivity index (χ1) is 15.4. The molecule has 0 spiro atoms. The number of carbonyl (C=O) groups excluding carboxylic acids is 1. The van der Waals surface area contributed by atoms with Crippen molar-refractivity contribution in [3.05, 3.63) is 46.4 Å². The van der Waals surface area contributed by atoms with E-state index in [0.717, 1.165) is 28.8 Å². The number of ether oxygens (including phenoxy) is 2. The molecule has 8 heteroatoms. The Labute approximate surface area is 191 Å². The zero-order chi connectivity index (χ0) is 22.8. The Bertz CT molecular complexity index is 1190. The lowest BCUT2D eigenvalue weighted by Gasteiger charge is -2.22. The van der Waals surface area contributed by atoms with Crippen LogP contribution >= 0.6 is 11.8 Å². The fraction of sp³-hybridized carbons (Fsp3) is 0.417. The Morgan fingerprint density at radius 1 is 0.938 bits per heavy atom. The van der Waals surface area contributed by atoms with E-state index in [-0.39, 0.29) is 11.6 Å². The van der Waals surface area contributed by atoms with E-state index in [0.29, 0.717) is 28.0 Å². The molecule has 1 amide bonds. The van der Waals surface area contributed by atoms with Crippen LogP contribution < -0.4 is 20.5 Å². The van der Waals surface area contributed by atoms with E-state index in [1.165, 1.54) is 19.3 Å². The molecule has 170 valence electrons. The van der Waals surface area contributed by atoms with Crippen LogP contribution in [0.5, 0.6) is 11.5 Å². The fourth-order valence-corrected chi connectivity index (χ4v) is 5.56. The molecule has 32 heavy (non-hydrogen) atoms. The van der Waals surface area contributed by atoms with Gasteiger partial charge in [-0.25, -0.2) is 4.79 Å². The van der Waals surface area contributed by atoms with Crippen molar-refractivity contribution in [2.45, 2.75) is 42.2 Å². The highest BCUT2D eigenvalue weighted by atomic mass is 32.2. The van der Waals surface area contributed by atoms with Crippen molar-refractivity contribution in [2.75, 3.05) is 19.5 Å². The van der Waals surface area contributed by atoms with Crippen LogP contribution in [0.25, 0.3) is 11.0 Å². The van der Waals surface area contributed by atoms with E-state index in [4.69, 9.17) is 9.47 Å². The minimum atomic E-state index is -0.257. The molecule has 1 heterocycles. The van der Waals surface area contributed by atoms with Crippen LogP contribution in [0.3, 0.4) is 0 Å². The number of aromatic nitrogens is 2. The highest BCUT2D eigenvalue weighted by molar-refractivity contribution is 8.00. The standard InChI is InChI=1S/C24H29N3O4S/c1-26-20-13-19(25-23(28)15-10-16(30-3)12-17(11-15)31-4)22(14-21(20)27(2)24(26)29)32-18-8-6-5-7-9-18/h10-14,18H,5-9H2,1-4H3,(H,25,28). The third-order valence-corrected chi connectivity index (χ3v) is 7.48. The number of nitrogens with zero attached hydrogens (tertiary/aromatic N) is 2. The number of imidazole rings is 1. The fourth-order valence-electron chi connectivity index (χ4n) is 4.22. The summed E-state index contributed by atoms with van der Waals surface area (Å²) in [4.78, 5) is 26.7. The molecular formula is C24H29N3O4S. The molecule has 0 saturated heterocycles. The Hall–Kier alpha value is -2.87. The summed E-state index contributed by atoms with van der Waals surface area (Å²) in [5.74, 6) is 0.840. The first-order valence-corrected chi connectivity index (χ1v) is 11.7. The van der Waals surface area contributed by atoms with Gasteiger partial charge in [-0.3, -0.25) is 13.9 Å². The summed E-state index contributed by atoms with van der Waals surface area (Å²) >= 11 is 1.79. The summed E-state index contributed by atoms with van der Waals surface area (Å²) in [6.07, 6.45) is 6.07. The largest absolute Gasteiger partial charge is 0.497 e. The van der Waals surface area contributed by atoms with Gasteiger partial charge < -0.3 is 14.8 Å². The second-order valence-electron chi connectivity index (χ2n) is 8.17. The van der Waals surface area contributed by atoms with Crippen molar-refractivity contribution in [3.63, 3.8) is 0 Å². The smallest absolute Gasteiger partial charge is 0.328 e. The van der Waals surface area contributed by atoms with Gasteiger partial charge in [0.15, 0.2) is 0 Å². The number of hydrogen-bond donors (Lipinski definition) is 1. The second kappa shape index (κ2) is 9.32. The van der Waals surface area contributed by atoms with Crippen LogP contribution in [0.15, 0.2) is 40.0 Å². The van der Waals surface area contributed by atoms with Crippen LogP contribution in [-0.4, -0.2) is 34.5 Å². The van der Waals surface area contributed by atoms with Crippen molar-refractivity contribution in [1.29, 1.82) is 0 Å². The van der Waals surface area contributed by atoms with Gasteiger partial charge >= 0.3 is 5.69 Å². The molecular weight excluding hydrogens is 426 g/mol. The van der Waals surface area contributed by atoms with E-state index in [9.17, 15) is 9.59 Å². The predicted molar refractivity (Wildman–Crippen MR) is 128 cm³/mol. The minimum absolute atomic E-state index is 0.0883. The maximum absolute atomic E-state index is 13.2. The van der Waals surface area contributed by atoms with Gasteiger partial charge in [0.05, 0.1) is 30.9 Å². The van der Waals surface area contributed by atoms with Crippen molar-refractivity contribution in [1.82, 2.24) is 9.13 Å². The third-order valence-electron chi connectivity index (χ3n) is 6.08. The van der Waals surface area contributed by atoms with Crippen LogP contribution in [0.1, 0.15) is 42.5 Å². The monoisotopic (exact) mass is 455 g/mol. The van der Waals surface area contributed by atoms with E-state index < -0.39 is 0 Å². The number of amides is 1. The molecule has 1 aliphatic carbocycles. The lowest BCUT2D eigenvalue weighted by atomic mass is 10.0. The van der Waals surface area contributed by atoms with Gasteiger partial charge in [0.25, 0.3) is 5.91 Å². The predicted octanol–water partition coefficient (Wildman–Crippen LogP) is 4.57. The number of rotatable bonds is 6. The van der Waals surface area contributed by atoms with E-state index in [1.54, 1.807) is 67.4 Å². The Morgan fingerprint density at radius 3 is 2.12 bits per heavy atom. The molecule has 1 aliphatic rings. The normalized spacial score (nSPS) is 14.5. The van der Waals surface area contributed by atoms with E-state index >= 15 is 0 Å². The zero-order valence-corrected chi connectivity index (χ0v) is 19.8. The van der Waals surface area contributed by atoms with Crippen LogP contribution in [0, 0.1) is 0 Å². The number of thioether (sulfide) groups is 1. The van der Waals surface area contributed by atoms with Gasteiger partial charge in [0.2, 0.25) is 0 Å². The number of benzene rings is 2. The Balaban J connectivity index is 1.74. The first kappa shape index (κ1) is 22.3. The number of hydrogen-bond acceptors (Lipinski definition) is 5. The average molecular weight is 456 g/mol.